The van der Waals surface area contributed by atoms with Gasteiger partial charge in [-0.3, -0.25) is 10.1 Å². The van der Waals surface area contributed by atoms with E-state index in [1.54, 1.807) is 12.3 Å². The van der Waals surface area contributed by atoms with Gasteiger partial charge in [0.05, 0.1) is 17.7 Å². The van der Waals surface area contributed by atoms with Crippen molar-refractivity contribution >= 4 is 5.69 Å². The van der Waals surface area contributed by atoms with E-state index in [1.165, 1.54) is 12.1 Å². The molecule has 0 aliphatic rings. The average molecular weight is 261 g/mol. The van der Waals surface area contributed by atoms with Gasteiger partial charge in [0.2, 0.25) is 5.89 Å². The van der Waals surface area contributed by atoms with Crippen molar-refractivity contribution in [1.82, 2.24) is 10.3 Å². The summed E-state index contributed by atoms with van der Waals surface area (Å²) in [6.45, 7) is 5.25. The fourth-order valence-corrected chi connectivity index (χ4v) is 1.74. The molecule has 0 saturated heterocycles. The molecule has 0 unspecified atom stereocenters. The van der Waals surface area contributed by atoms with Gasteiger partial charge in [-0.25, -0.2) is 4.98 Å². The second-order valence-corrected chi connectivity index (χ2v) is 4.15. The number of aryl methyl sites for hydroxylation is 1. The molecular weight excluding hydrogens is 246 g/mol. The molecule has 1 aromatic heterocycles. The van der Waals surface area contributed by atoms with Crippen molar-refractivity contribution in [2.24, 2.45) is 0 Å². The summed E-state index contributed by atoms with van der Waals surface area (Å²) in [7, 11) is 0. The summed E-state index contributed by atoms with van der Waals surface area (Å²) in [6.07, 6.45) is 1.60. The normalized spacial score (nSPS) is 10.6. The van der Waals surface area contributed by atoms with Gasteiger partial charge in [0, 0.05) is 17.7 Å². The molecule has 0 spiro atoms. The number of non-ortho nitro benzene ring substituents is 1. The van der Waals surface area contributed by atoms with Crippen LogP contribution in [0.15, 0.2) is 28.8 Å². The average Bonchev–Trinajstić information content (AvgIpc) is 2.85. The van der Waals surface area contributed by atoms with Gasteiger partial charge in [0.25, 0.3) is 5.69 Å². The largest absolute Gasteiger partial charge is 0.439 e. The highest BCUT2D eigenvalue weighted by Crippen LogP contribution is 2.28. The number of aromatic nitrogens is 1. The minimum Gasteiger partial charge on any atom is -0.439 e. The maximum absolute atomic E-state index is 10.8. The van der Waals surface area contributed by atoms with Gasteiger partial charge in [0.15, 0.2) is 5.76 Å². The van der Waals surface area contributed by atoms with Crippen LogP contribution in [0, 0.1) is 17.0 Å². The van der Waals surface area contributed by atoms with Crippen LogP contribution >= 0.6 is 0 Å². The van der Waals surface area contributed by atoms with E-state index in [0.29, 0.717) is 23.8 Å². The molecule has 6 nitrogen and oxygen atoms in total. The van der Waals surface area contributed by atoms with Crippen molar-refractivity contribution in [3.63, 3.8) is 0 Å². The van der Waals surface area contributed by atoms with Crippen molar-refractivity contribution in [1.29, 1.82) is 0 Å². The highest BCUT2D eigenvalue weighted by Gasteiger charge is 2.13. The topological polar surface area (TPSA) is 81.2 Å². The molecule has 0 atom stereocenters. The molecule has 1 heterocycles. The molecule has 1 N–H and O–H groups in total. The predicted octanol–water partition coefficient (Wildman–Crippen LogP) is 2.67. The van der Waals surface area contributed by atoms with Gasteiger partial charge < -0.3 is 9.73 Å². The number of oxazole rings is 1. The summed E-state index contributed by atoms with van der Waals surface area (Å²) in [6, 6.07) is 4.70. The van der Waals surface area contributed by atoms with Crippen LogP contribution in [0.3, 0.4) is 0 Å². The van der Waals surface area contributed by atoms with E-state index < -0.39 is 4.92 Å². The quantitative estimate of drug-likeness (QED) is 0.661. The fraction of sp³-hybridized carbons (Fsp3) is 0.308. The highest BCUT2D eigenvalue weighted by atomic mass is 16.6. The van der Waals surface area contributed by atoms with Crippen LogP contribution in [0.1, 0.15) is 18.4 Å². The predicted molar refractivity (Wildman–Crippen MR) is 70.7 cm³/mol. The Hall–Kier alpha value is -2.21. The Morgan fingerprint density at radius 1 is 1.47 bits per heavy atom. The smallest absolute Gasteiger partial charge is 0.270 e. The molecule has 100 valence electrons. The zero-order valence-electron chi connectivity index (χ0n) is 10.8. The molecule has 6 heteroatoms. The summed E-state index contributed by atoms with van der Waals surface area (Å²) in [4.78, 5) is 14.5. The van der Waals surface area contributed by atoms with Crippen LogP contribution < -0.4 is 5.32 Å². The van der Waals surface area contributed by atoms with Crippen molar-refractivity contribution in [2.45, 2.75) is 20.4 Å². The van der Waals surface area contributed by atoms with Crippen LogP contribution in [0.2, 0.25) is 0 Å². The fourth-order valence-electron chi connectivity index (χ4n) is 1.74. The standard InChI is InChI=1S/C13H15N3O3/c1-3-14-8-13-15-7-12(19-13)11-6-10(16(17)18)5-4-9(11)2/h4-7,14H,3,8H2,1-2H3. The third kappa shape index (κ3) is 2.97. The van der Waals surface area contributed by atoms with Gasteiger partial charge in [-0.2, -0.15) is 0 Å². The van der Waals surface area contributed by atoms with E-state index in [9.17, 15) is 10.1 Å². The molecule has 1 aromatic carbocycles. The van der Waals surface area contributed by atoms with Crippen molar-refractivity contribution < 1.29 is 9.34 Å². The monoisotopic (exact) mass is 261 g/mol. The zero-order valence-corrected chi connectivity index (χ0v) is 10.8. The molecule has 0 saturated carbocycles. The summed E-state index contributed by atoms with van der Waals surface area (Å²) < 4.78 is 5.59. The lowest BCUT2D eigenvalue weighted by molar-refractivity contribution is -0.384. The first-order valence-corrected chi connectivity index (χ1v) is 6.02. The zero-order chi connectivity index (χ0) is 13.8. The number of nitrogens with one attached hydrogen (secondary N) is 1. The number of nitro groups is 1. The van der Waals surface area contributed by atoms with Crippen LogP contribution in [-0.4, -0.2) is 16.5 Å². The molecule has 0 bridgehead atoms. The Balaban J connectivity index is 2.32. The third-order valence-electron chi connectivity index (χ3n) is 2.78. The number of nitro benzene ring substituents is 1. The molecule has 0 radical (unpaired) electrons. The first-order chi connectivity index (χ1) is 9.11. The minimum absolute atomic E-state index is 0.0465. The molecule has 2 aromatic rings. The van der Waals surface area contributed by atoms with Gasteiger partial charge >= 0.3 is 0 Å². The van der Waals surface area contributed by atoms with E-state index in [1.807, 2.05) is 13.8 Å². The molecule has 0 aliphatic heterocycles. The summed E-state index contributed by atoms with van der Waals surface area (Å²) in [5.41, 5.74) is 1.66. The van der Waals surface area contributed by atoms with Crippen molar-refractivity contribution in [2.75, 3.05) is 6.54 Å². The van der Waals surface area contributed by atoms with Crippen LogP contribution in [0.25, 0.3) is 11.3 Å². The number of hydrogen-bond donors (Lipinski definition) is 1. The number of benzene rings is 1. The maximum Gasteiger partial charge on any atom is 0.270 e. The molecular formula is C13H15N3O3. The van der Waals surface area contributed by atoms with E-state index in [-0.39, 0.29) is 5.69 Å². The van der Waals surface area contributed by atoms with Crippen LogP contribution in [0.4, 0.5) is 5.69 Å². The van der Waals surface area contributed by atoms with Gasteiger partial charge in [0.1, 0.15) is 0 Å². The summed E-state index contributed by atoms with van der Waals surface area (Å²) in [5.74, 6) is 1.12. The van der Waals surface area contributed by atoms with Crippen molar-refractivity contribution in [3.05, 3.63) is 46.0 Å². The Morgan fingerprint density at radius 3 is 2.95 bits per heavy atom. The Morgan fingerprint density at radius 2 is 2.26 bits per heavy atom. The Bertz CT molecular complexity index is 593. The second-order valence-electron chi connectivity index (χ2n) is 4.15. The van der Waals surface area contributed by atoms with E-state index in [0.717, 1.165) is 12.1 Å². The van der Waals surface area contributed by atoms with E-state index >= 15 is 0 Å². The first kappa shape index (κ1) is 13.2. The molecule has 0 amide bonds. The van der Waals surface area contributed by atoms with Crippen molar-refractivity contribution in [3.8, 4) is 11.3 Å². The lowest BCUT2D eigenvalue weighted by atomic mass is 10.1. The number of nitrogens with zero attached hydrogens (tertiary/aromatic N) is 2. The first-order valence-electron chi connectivity index (χ1n) is 6.02. The molecule has 19 heavy (non-hydrogen) atoms. The summed E-state index contributed by atoms with van der Waals surface area (Å²) in [5, 5.41) is 13.9. The SMILES string of the molecule is CCNCc1ncc(-c2cc([N+](=O)[O-])ccc2C)o1. The van der Waals surface area contributed by atoms with E-state index in [2.05, 4.69) is 10.3 Å². The summed E-state index contributed by atoms with van der Waals surface area (Å²) >= 11 is 0. The second kappa shape index (κ2) is 5.62. The number of rotatable bonds is 5. The number of hydrogen-bond acceptors (Lipinski definition) is 5. The van der Waals surface area contributed by atoms with Crippen LogP contribution in [-0.2, 0) is 6.54 Å². The molecule has 2 rings (SSSR count). The minimum atomic E-state index is -0.418. The molecule has 0 aliphatic carbocycles. The third-order valence-corrected chi connectivity index (χ3v) is 2.78. The lowest BCUT2D eigenvalue weighted by Gasteiger charge is -2.02. The van der Waals surface area contributed by atoms with Gasteiger partial charge in [-0.1, -0.05) is 13.0 Å². The van der Waals surface area contributed by atoms with Gasteiger partial charge in [-0.15, -0.1) is 0 Å². The highest BCUT2D eigenvalue weighted by molar-refractivity contribution is 5.64. The lowest BCUT2D eigenvalue weighted by Crippen LogP contribution is -2.11. The maximum atomic E-state index is 10.8. The van der Waals surface area contributed by atoms with E-state index in [4.69, 9.17) is 4.42 Å². The van der Waals surface area contributed by atoms with Gasteiger partial charge in [-0.05, 0) is 19.0 Å². The Kier molecular flexibility index (Phi) is 3.91. The molecule has 0 fully saturated rings. The Labute approximate surface area is 110 Å². The van der Waals surface area contributed by atoms with Crippen LogP contribution in [0.5, 0.6) is 0 Å².